The lowest BCUT2D eigenvalue weighted by molar-refractivity contribution is 0.279. The van der Waals surface area contributed by atoms with Gasteiger partial charge in [-0.15, -0.1) is 0 Å². The van der Waals surface area contributed by atoms with Crippen LogP contribution in [-0.4, -0.2) is 19.7 Å². The Bertz CT molecular complexity index is 507. The van der Waals surface area contributed by atoms with Crippen LogP contribution in [0.3, 0.4) is 0 Å². The maximum atomic E-state index is 5.72. The Balaban J connectivity index is 2.02. The number of aromatic nitrogens is 4. The van der Waals surface area contributed by atoms with Crippen molar-refractivity contribution < 1.29 is 4.74 Å². The Morgan fingerprint density at radius 1 is 1.33 bits per heavy atom. The fraction of sp³-hybridized carbons (Fsp3) is 0.462. The molecule has 0 saturated carbocycles. The van der Waals surface area contributed by atoms with E-state index in [4.69, 9.17) is 4.74 Å². The molecular formula is C13H18N4O. The highest BCUT2D eigenvalue weighted by Crippen LogP contribution is 2.15. The van der Waals surface area contributed by atoms with Gasteiger partial charge in [-0.2, -0.15) is 5.10 Å². The van der Waals surface area contributed by atoms with Crippen molar-refractivity contribution in [3.05, 3.63) is 36.2 Å². The molecule has 0 unspecified atom stereocenters. The van der Waals surface area contributed by atoms with Crippen molar-refractivity contribution in [2.45, 2.75) is 33.9 Å². The zero-order valence-corrected chi connectivity index (χ0v) is 11.0. The van der Waals surface area contributed by atoms with Crippen molar-refractivity contribution in [2.24, 2.45) is 5.92 Å². The first-order valence-corrected chi connectivity index (χ1v) is 6.08. The summed E-state index contributed by atoms with van der Waals surface area (Å²) in [6.07, 6.45) is 3.32. The lowest BCUT2D eigenvalue weighted by Crippen LogP contribution is -2.12. The second-order valence-electron chi connectivity index (χ2n) is 4.63. The van der Waals surface area contributed by atoms with E-state index in [1.165, 1.54) is 0 Å². The molecule has 2 rings (SSSR count). The molecule has 96 valence electrons. The van der Waals surface area contributed by atoms with Crippen molar-refractivity contribution in [3.8, 4) is 5.75 Å². The van der Waals surface area contributed by atoms with E-state index in [1.807, 2.05) is 23.7 Å². The number of nitrogens with zero attached hydrogens (tertiary/aromatic N) is 4. The first kappa shape index (κ1) is 12.5. The third-order valence-electron chi connectivity index (χ3n) is 2.55. The highest BCUT2D eigenvalue weighted by Gasteiger charge is 2.07. The Kier molecular flexibility index (Phi) is 3.92. The number of hydrogen-bond acceptors (Lipinski definition) is 4. The summed E-state index contributed by atoms with van der Waals surface area (Å²) in [6.45, 7) is 7.49. The van der Waals surface area contributed by atoms with Crippen molar-refractivity contribution in [1.29, 1.82) is 0 Å². The number of rotatable bonds is 5. The summed E-state index contributed by atoms with van der Waals surface area (Å²) in [6, 6.07) is 3.77. The molecule has 2 aromatic rings. The molecule has 0 aliphatic heterocycles. The minimum Gasteiger partial charge on any atom is -0.484 e. The summed E-state index contributed by atoms with van der Waals surface area (Å²) in [5.74, 6) is 2.16. The smallest absolute Gasteiger partial charge is 0.164 e. The fourth-order valence-electron chi connectivity index (χ4n) is 1.66. The van der Waals surface area contributed by atoms with Crippen molar-refractivity contribution >= 4 is 0 Å². The van der Waals surface area contributed by atoms with Gasteiger partial charge in [-0.3, -0.25) is 4.98 Å². The number of ether oxygens (including phenoxy) is 1. The second kappa shape index (κ2) is 5.62. The Hall–Kier alpha value is -1.91. The Morgan fingerprint density at radius 3 is 2.89 bits per heavy atom. The third kappa shape index (κ3) is 3.06. The lowest BCUT2D eigenvalue weighted by atomic mass is 10.2. The van der Waals surface area contributed by atoms with Crippen LogP contribution in [0.4, 0.5) is 0 Å². The average molecular weight is 246 g/mol. The third-order valence-corrected chi connectivity index (χ3v) is 2.55. The van der Waals surface area contributed by atoms with Gasteiger partial charge in [-0.25, -0.2) is 9.67 Å². The number of aryl methyl sites for hydroxylation is 1. The molecule has 0 atom stereocenters. The first-order chi connectivity index (χ1) is 8.66. The number of hydrogen-bond donors (Lipinski definition) is 0. The van der Waals surface area contributed by atoms with Gasteiger partial charge in [-0.05, 0) is 25.0 Å². The highest BCUT2D eigenvalue weighted by atomic mass is 16.5. The van der Waals surface area contributed by atoms with Crippen molar-refractivity contribution in [3.63, 3.8) is 0 Å². The molecule has 5 nitrogen and oxygen atoms in total. The normalized spacial score (nSPS) is 10.9. The molecule has 0 aromatic carbocycles. The van der Waals surface area contributed by atoms with Gasteiger partial charge in [0.1, 0.15) is 18.7 Å². The molecule has 0 aliphatic rings. The fourth-order valence-corrected chi connectivity index (χ4v) is 1.66. The molecule has 2 heterocycles. The van der Waals surface area contributed by atoms with Crippen LogP contribution in [0.1, 0.15) is 25.4 Å². The molecule has 0 bridgehead atoms. The van der Waals surface area contributed by atoms with Gasteiger partial charge >= 0.3 is 0 Å². The quantitative estimate of drug-likeness (QED) is 0.811. The van der Waals surface area contributed by atoms with Gasteiger partial charge in [0.2, 0.25) is 0 Å². The molecule has 0 aliphatic carbocycles. The highest BCUT2D eigenvalue weighted by molar-refractivity contribution is 5.25. The SMILES string of the molecule is Cc1ncccc1OCc1ncnn1CC(C)C. The molecule has 0 radical (unpaired) electrons. The second-order valence-corrected chi connectivity index (χ2v) is 4.63. The van der Waals surface area contributed by atoms with Crippen LogP contribution in [-0.2, 0) is 13.2 Å². The van der Waals surface area contributed by atoms with Crippen molar-refractivity contribution in [2.75, 3.05) is 0 Å². The summed E-state index contributed by atoms with van der Waals surface area (Å²) in [5.41, 5.74) is 0.882. The van der Waals surface area contributed by atoms with Gasteiger partial charge < -0.3 is 4.74 Å². The largest absolute Gasteiger partial charge is 0.484 e. The summed E-state index contributed by atoms with van der Waals surface area (Å²) < 4.78 is 7.60. The minimum atomic E-state index is 0.416. The first-order valence-electron chi connectivity index (χ1n) is 6.08. The number of pyridine rings is 1. The average Bonchev–Trinajstić information content (AvgIpc) is 2.75. The zero-order valence-electron chi connectivity index (χ0n) is 11.0. The monoisotopic (exact) mass is 246 g/mol. The standard InChI is InChI=1S/C13H18N4O/c1-10(2)7-17-13(15-9-16-17)8-18-12-5-4-6-14-11(12)3/h4-6,9-10H,7-8H2,1-3H3. The van der Waals surface area contributed by atoms with Crippen LogP contribution in [0.5, 0.6) is 5.75 Å². The maximum Gasteiger partial charge on any atom is 0.164 e. The van der Waals surface area contributed by atoms with E-state index in [0.717, 1.165) is 23.8 Å². The van der Waals surface area contributed by atoms with Crippen LogP contribution in [0.25, 0.3) is 0 Å². The van der Waals surface area contributed by atoms with E-state index in [1.54, 1.807) is 12.5 Å². The predicted molar refractivity (Wildman–Crippen MR) is 68.2 cm³/mol. The molecule has 0 amide bonds. The summed E-state index contributed by atoms with van der Waals surface area (Å²) in [5, 5.41) is 4.20. The van der Waals surface area contributed by atoms with Crippen molar-refractivity contribution in [1.82, 2.24) is 19.7 Å². The molecule has 18 heavy (non-hydrogen) atoms. The van der Waals surface area contributed by atoms with Crippen LogP contribution in [0.15, 0.2) is 24.7 Å². The summed E-state index contributed by atoms with van der Waals surface area (Å²) >= 11 is 0. The molecular weight excluding hydrogens is 228 g/mol. The van der Waals surface area contributed by atoms with Crippen LogP contribution < -0.4 is 4.74 Å². The van der Waals surface area contributed by atoms with Crippen LogP contribution >= 0.6 is 0 Å². The molecule has 2 aromatic heterocycles. The van der Waals surface area contributed by atoms with E-state index in [-0.39, 0.29) is 0 Å². The Labute approximate surface area is 107 Å². The predicted octanol–water partition coefficient (Wildman–Crippen LogP) is 2.22. The van der Waals surface area contributed by atoms with E-state index < -0.39 is 0 Å². The van der Waals surface area contributed by atoms with Gasteiger partial charge in [-0.1, -0.05) is 13.8 Å². The summed E-state index contributed by atoms with van der Waals surface area (Å²) in [4.78, 5) is 8.40. The van der Waals surface area contributed by atoms with Crippen LogP contribution in [0, 0.1) is 12.8 Å². The van der Waals surface area contributed by atoms with Gasteiger partial charge in [0.15, 0.2) is 5.82 Å². The van der Waals surface area contributed by atoms with Crippen LogP contribution in [0.2, 0.25) is 0 Å². The molecule has 0 fully saturated rings. The molecule has 0 saturated heterocycles. The maximum absolute atomic E-state index is 5.72. The molecule has 5 heteroatoms. The lowest BCUT2D eigenvalue weighted by Gasteiger charge is -2.10. The van der Waals surface area contributed by atoms with E-state index in [2.05, 4.69) is 28.9 Å². The summed E-state index contributed by atoms with van der Waals surface area (Å²) in [7, 11) is 0. The zero-order chi connectivity index (χ0) is 13.0. The van der Waals surface area contributed by atoms with Gasteiger partial charge in [0.05, 0.1) is 5.69 Å². The van der Waals surface area contributed by atoms with E-state index in [0.29, 0.717) is 12.5 Å². The molecule has 0 N–H and O–H groups in total. The van der Waals surface area contributed by atoms with E-state index in [9.17, 15) is 0 Å². The topological polar surface area (TPSA) is 52.8 Å². The van der Waals surface area contributed by atoms with Gasteiger partial charge in [0, 0.05) is 12.7 Å². The Morgan fingerprint density at radius 2 is 2.17 bits per heavy atom. The van der Waals surface area contributed by atoms with Gasteiger partial charge in [0.25, 0.3) is 0 Å². The molecule has 0 spiro atoms. The van der Waals surface area contributed by atoms with E-state index >= 15 is 0 Å². The minimum absolute atomic E-state index is 0.416.